The van der Waals surface area contributed by atoms with Crippen molar-refractivity contribution >= 4 is 50.7 Å². The summed E-state index contributed by atoms with van der Waals surface area (Å²) in [5.41, 5.74) is 1.49. The summed E-state index contributed by atoms with van der Waals surface area (Å²) in [7, 11) is -2.24. The molecule has 5 rings (SSSR count). The summed E-state index contributed by atoms with van der Waals surface area (Å²) in [5.74, 6) is 0.816. The number of carbonyl (C=O) groups is 1. The summed E-state index contributed by atoms with van der Waals surface area (Å²) in [6.45, 7) is 1.84. The molecule has 16 heteroatoms. The van der Waals surface area contributed by atoms with Crippen LogP contribution >= 0.6 is 23.2 Å². The molecule has 0 aliphatic heterocycles. The van der Waals surface area contributed by atoms with Gasteiger partial charge in [-0.3, -0.25) is 14.2 Å². The molecule has 2 amide bonds. The summed E-state index contributed by atoms with van der Waals surface area (Å²) in [4.78, 5) is 16.4. The summed E-state index contributed by atoms with van der Waals surface area (Å²) < 4.78 is 76.0. The highest BCUT2D eigenvalue weighted by molar-refractivity contribution is 7.85. The van der Waals surface area contributed by atoms with Crippen LogP contribution in [-0.4, -0.2) is 33.8 Å². The minimum absolute atomic E-state index is 0.0593. The van der Waals surface area contributed by atoms with Crippen LogP contribution in [0.15, 0.2) is 96.3 Å². The lowest BCUT2D eigenvalue weighted by Gasteiger charge is -2.13. The highest BCUT2D eigenvalue weighted by Crippen LogP contribution is 2.37. The average Bonchev–Trinajstić information content (AvgIpc) is 3.41. The first-order valence-electron chi connectivity index (χ1n) is 13.0. The Hall–Kier alpha value is -4.63. The molecule has 10 nitrogen and oxygen atoms in total. The summed E-state index contributed by atoms with van der Waals surface area (Å²) in [6, 6.07) is 16.3. The van der Waals surface area contributed by atoms with Crippen molar-refractivity contribution in [2.45, 2.75) is 18.0 Å². The molecule has 0 bridgehead atoms. The van der Waals surface area contributed by atoms with Gasteiger partial charge in [-0.15, -0.1) is 0 Å². The van der Waals surface area contributed by atoms with E-state index in [0.29, 0.717) is 27.9 Å². The van der Waals surface area contributed by atoms with E-state index in [-0.39, 0.29) is 10.6 Å². The van der Waals surface area contributed by atoms with Crippen molar-refractivity contribution in [1.82, 2.24) is 14.8 Å². The number of pyridine rings is 1. The fourth-order valence-electron chi connectivity index (χ4n) is 3.81. The Morgan fingerprint density at radius 2 is 1.59 bits per heavy atom. The number of nitrogens with zero attached hydrogens (tertiary/aromatic N) is 3. The number of alkyl halides is 3. The molecule has 3 N–H and O–H groups in total. The SMILES string of the molecule is Cc1ccc(S(=O)(=O)O)cc1.Cn1cc(-c2nccc(Oc3ccc(NC(=O)Nc4ccc(Cl)c(C(F)(F)F)c4)cc3)c2Cl)cn1. The third-order valence-corrected chi connectivity index (χ3v) is 7.58. The van der Waals surface area contributed by atoms with Gasteiger partial charge in [0.1, 0.15) is 16.5 Å². The highest BCUT2D eigenvalue weighted by atomic mass is 35.5. The zero-order valence-corrected chi connectivity index (χ0v) is 26.2. The molecule has 0 atom stereocenters. The predicted octanol–water partition coefficient (Wildman–Crippen LogP) is 8.49. The van der Waals surface area contributed by atoms with E-state index in [2.05, 4.69) is 20.7 Å². The van der Waals surface area contributed by atoms with Crippen molar-refractivity contribution < 1.29 is 35.7 Å². The molecule has 46 heavy (non-hydrogen) atoms. The molecule has 0 unspecified atom stereocenters. The van der Waals surface area contributed by atoms with Crippen molar-refractivity contribution in [1.29, 1.82) is 0 Å². The van der Waals surface area contributed by atoms with Crippen LogP contribution in [0.3, 0.4) is 0 Å². The number of carbonyl (C=O) groups excluding carboxylic acids is 1. The lowest BCUT2D eigenvalue weighted by atomic mass is 10.2. The first kappa shape index (κ1) is 34.2. The number of ether oxygens (including phenoxy) is 1. The number of urea groups is 1. The van der Waals surface area contributed by atoms with E-state index in [1.807, 2.05) is 6.92 Å². The average molecular weight is 695 g/mol. The van der Waals surface area contributed by atoms with Gasteiger partial charge in [0.05, 0.1) is 27.4 Å². The van der Waals surface area contributed by atoms with E-state index >= 15 is 0 Å². The van der Waals surface area contributed by atoms with Crippen molar-refractivity contribution in [2.24, 2.45) is 7.05 Å². The van der Waals surface area contributed by atoms with Gasteiger partial charge >= 0.3 is 12.2 Å². The van der Waals surface area contributed by atoms with E-state index in [1.165, 1.54) is 18.2 Å². The van der Waals surface area contributed by atoms with Crippen LogP contribution in [0.25, 0.3) is 11.3 Å². The number of benzene rings is 3. The van der Waals surface area contributed by atoms with Gasteiger partial charge in [-0.1, -0.05) is 40.9 Å². The Morgan fingerprint density at radius 3 is 2.17 bits per heavy atom. The van der Waals surface area contributed by atoms with E-state index in [0.717, 1.165) is 23.3 Å². The molecule has 240 valence electrons. The van der Waals surface area contributed by atoms with E-state index in [9.17, 15) is 26.4 Å². The topological polar surface area (TPSA) is 135 Å². The fourth-order valence-corrected chi connectivity index (χ4v) is 4.77. The monoisotopic (exact) mass is 693 g/mol. The molecule has 3 aromatic carbocycles. The quantitative estimate of drug-likeness (QED) is 0.152. The molecule has 0 saturated heterocycles. The first-order chi connectivity index (χ1) is 21.6. The van der Waals surface area contributed by atoms with Crippen molar-refractivity contribution in [2.75, 3.05) is 10.6 Å². The minimum Gasteiger partial charge on any atom is -0.456 e. The van der Waals surface area contributed by atoms with Gasteiger partial charge in [-0.05, 0) is 61.5 Å². The van der Waals surface area contributed by atoms with Gasteiger partial charge < -0.3 is 15.4 Å². The van der Waals surface area contributed by atoms with Crippen molar-refractivity contribution in [3.8, 4) is 22.8 Å². The molecular formula is C30H24Cl2F3N5O5S. The number of hydrogen-bond acceptors (Lipinski definition) is 6. The number of aryl methyl sites for hydroxylation is 2. The van der Waals surface area contributed by atoms with Gasteiger partial charge in [-0.25, -0.2) is 4.79 Å². The Labute approximate surface area is 271 Å². The molecule has 0 spiro atoms. The summed E-state index contributed by atoms with van der Waals surface area (Å²) in [6.07, 6.45) is 0.331. The zero-order valence-electron chi connectivity index (χ0n) is 23.9. The third-order valence-electron chi connectivity index (χ3n) is 6.02. The number of amides is 2. The maximum absolute atomic E-state index is 13.0. The van der Waals surface area contributed by atoms with Gasteiger partial charge in [0, 0.05) is 42.4 Å². The fraction of sp³-hybridized carbons (Fsp3) is 0.100. The summed E-state index contributed by atoms with van der Waals surface area (Å²) >= 11 is 12.1. The second-order valence-corrected chi connectivity index (χ2v) is 11.8. The molecular weight excluding hydrogens is 670 g/mol. The molecule has 2 heterocycles. The van der Waals surface area contributed by atoms with Crippen molar-refractivity contribution in [3.63, 3.8) is 0 Å². The molecule has 0 aliphatic rings. The highest BCUT2D eigenvalue weighted by Gasteiger charge is 2.33. The normalized spacial score (nSPS) is 11.3. The first-order valence-corrected chi connectivity index (χ1v) is 15.2. The maximum Gasteiger partial charge on any atom is 0.417 e. The number of aromatic nitrogens is 3. The van der Waals surface area contributed by atoms with Gasteiger partial charge in [0.2, 0.25) is 0 Å². The Kier molecular flexibility index (Phi) is 10.6. The zero-order chi connectivity index (χ0) is 33.6. The van der Waals surface area contributed by atoms with Crippen LogP contribution in [-0.2, 0) is 23.3 Å². The second kappa shape index (κ2) is 14.2. The number of halogens is 5. The predicted molar refractivity (Wildman–Crippen MR) is 168 cm³/mol. The Bertz CT molecular complexity index is 1950. The van der Waals surface area contributed by atoms with Crippen LogP contribution in [0.1, 0.15) is 11.1 Å². The third kappa shape index (κ3) is 9.20. The lowest BCUT2D eigenvalue weighted by molar-refractivity contribution is -0.137. The second-order valence-electron chi connectivity index (χ2n) is 9.56. The Morgan fingerprint density at radius 1 is 0.957 bits per heavy atom. The molecule has 0 saturated carbocycles. The smallest absolute Gasteiger partial charge is 0.417 e. The van der Waals surface area contributed by atoms with E-state index in [1.54, 1.807) is 72.8 Å². The maximum atomic E-state index is 13.0. The van der Waals surface area contributed by atoms with Crippen LogP contribution in [0, 0.1) is 6.92 Å². The molecule has 0 fully saturated rings. The molecule has 0 aliphatic carbocycles. The van der Waals surface area contributed by atoms with Gasteiger partial charge in [0.15, 0.2) is 0 Å². The van der Waals surface area contributed by atoms with Gasteiger partial charge in [-0.2, -0.15) is 26.7 Å². The Balaban J connectivity index is 0.000000369. The molecule has 2 aromatic heterocycles. The van der Waals surface area contributed by atoms with Crippen molar-refractivity contribution in [3.05, 3.63) is 113 Å². The number of rotatable bonds is 6. The van der Waals surface area contributed by atoms with Gasteiger partial charge in [0.25, 0.3) is 10.1 Å². The molecule has 5 aromatic rings. The van der Waals surface area contributed by atoms with Crippen LogP contribution in [0.5, 0.6) is 11.5 Å². The van der Waals surface area contributed by atoms with Crippen LogP contribution in [0.2, 0.25) is 10.0 Å². The number of hydrogen-bond donors (Lipinski definition) is 3. The van der Waals surface area contributed by atoms with E-state index < -0.39 is 32.9 Å². The van der Waals surface area contributed by atoms with Crippen LogP contribution in [0.4, 0.5) is 29.3 Å². The van der Waals surface area contributed by atoms with Crippen LogP contribution < -0.4 is 15.4 Å². The number of nitrogens with one attached hydrogen (secondary N) is 2. The van der Waals surface area contributed by atoms with E-state index in [4.69, 9.17) is 32.5 Å². The lowest BCUT2D eigenvalue weighted by Crippen LogP contribution is -2.19. The summed E-state index contributed by atoms with van der Waals surface area (Å²) in [5, 5.41) is 8.84. The largest absolute Gasteiger partial charge is 0.456 e. The minimum atomic E-state index is -4.64. The standard InChI is InChI=1S/C23H16Cl2F3N5O2.C7H8O3S/c1-33-12-13(11-30-33)21-20(25)19(8-9-29-21)35-16-5-2-14(3-6-16)31-22(34)32-15-4-7-18(24)17(10-15)23(26,27)28;1-6-2-4-7(5-3-6)11(8,9)10/h2-12H,1H3,(H2,31,32,34);2-5H,1H3,(H,8,9,10). The molecule has 0 radical (unpaired) electrons. The number of anilines is 2.